The number of ether oxygens (including phenoxy) is 1. The van der Waals surface area contributed by atoms with Crippen molar-refractivity contribution in [3.05, 3.63) is 82.4 Å². The van der Waals surface area contributed by atoms with Gasteiger partial charge in [0.1, 0.15) is 0 Å². The lowest BCUT2D eigenvalue weighted by atomic mass is 10.1. The fraction of sp³-hybridized carbons (Fsp3) is 0.100. The fourth-order valence-corrected chi connectivity index (χ4v) is 2.41. The van der Waals surface area contributed by atoms with Crippen LogP contribution in [0, 0.1) is 10.1 Å². The molecule has 3 rings (SSSR count). The molecule has 3 aromatic rings. The molecule has 0 bridgehead atoms. The number of nitro groups is 1. The number of aromatic nitrogens is 1. The number of benzene rings is 2. The highest BCUT2D eigenvalue weighted by molar-refractivity contribution is 5.89. The molecule has 7 heteroatoms. The van der Waals surface area contributed by atoms with Gasteiger partial charge in [-0.25, -0.2) is 9.78 Å². The topological polar surface area (TPSA) is 94.4 Å². The SMILES string of the molecule is C.COC(=O)c1ccc(Nc2nc(-c3ccccc3)ccc2[N+](=O)[O-])cc1. The van der Waals surface area contributed by atoms with Gasteiger partial charge in [0.25, 0.3) is 0 Å². The van der Waals surface area contributed by atoms with Crippen LogP contribution in [-0.4, -0.2) is 23.0 Å². The normalized spacial score (nSPS) is 9.81. The second kappa shape index (κ2) is 8.57. The molecule has 0 aliphatic carbocycles. The third kappa shape index (κ3) is 4.46. The standard InChI is InChI=1S/C19H15N3O4.CH4/c1-26-19(23)14-7-9-15(10-8-14)20-18-17(22(24)25)12-11-16(21-18)13-5-3-2-4-6-13;/h2-12H,1H3,(H,20,21);1H4. The summed E-state index contributed by atoms with van der Waals surface area (Å²) in [6.07, 6.45) is 0. The predicted molar refractivity (Wildman–Crippen MR) is 104 cm³/mol. The van der Waals surface area contributed by atoms with Crippen LogP contribution in [0.5, 0.6) is 0 Å². The molecule has 2 aromatic carbocycles. The van der Waals surface area contributed by atoms with Crippen molar-refractivity contribution >= 4 is 23.2 Å². The molecular weight excluding hydrogens is 346 g/mol. The molecular formula is C20H19N3O4. The summed E-state index contributed by atoms with van der Waals surface area (Å²) in [5, 5.41) is 14.2. The van der Waals surface area contributed by atoms with E-state index in [-0.39, 0.29) is 18.9 Å². The molecule has 0 saturated heterocycles. The van der Waals surface area contributed by atoms with Crippen molar-refractivity contribution in [2.24, 2.45) is 0 Å². The predicted octanol–water partition coefficient (Wildman–Crippen LogP) is 4.82. The van der Waals surface area contributed by atoms with E-state index in [1.54, 1.807) is 30.3 Å². The first-order valence-electron chi connectivity index (χ1n) is 7.75. The molecule has 7 nitrogen and oxygen atoms in total. The zero-order chi connectivity index (χ0) is 18.5. The maximum Gasteiger partial charge on any atom is 0.337 e. The van der Waals surface area contributed by atoms with Gasteiger partial charge >= 0.3 is 11.7 Å². The number of methoxy groups -OCH3 is 1. The lowest BCUT2D eigenvalue weighted by Crippen LogP contribution is -2.03. The number of carbonyl (C=O) groups is 1. The number of nitrogens with zero attached hydrogens (tertiary/aromatic N) is 2. The Labute approximate surface area is 156 Å². The number of hydrogen-bond acceptors (Lipinski definition) is 6. The zero-order valence-corrected chi connectivity index (χ0v) is 13.9. The van der Waals surface area contributed by atoms with Gasteiger partial charge in [-0.3, -0.25) is 10.1 Å². The Morgan fingerprint density at radius 2 is 1.70 bits per heavy atom. The van der Waals surface area contributed by atoms with Gasteiger partial charge in [-0.05, 0) is 30.3 Å². The van der Waals surface area contributed by atoms with Gasteiger partial charge < -0.3 is 10.1 Å². The van der Waals surface area contributed by atoms with Crippen molar-refractivity contribution in [3.63, 3.8) is 0 Å². The number of nitrogens with one attached hydrogen (secondary N) is 1. The van der Waals surface area contributed by atoms with Crippen molar-refractivity contribution in [1.82, 2.24) is 4.98 Å². The van der Waals surface area contributed by atoms with Crippen molar-refractivity contribution < 1.29 is 14.5 Å². The van der Waals surface area contributed by atoms with E-state index < -0.39 is 10.9 Å². The highest BCUT2D eigenvalue weighted by atomic mass is 16.6. The Morgan fingerprint density at radius 3 is 2.30 bits per heavy atom. The van der Waals surface area contributed by atoms with Crippen LogP contribution >= 0.6 is 0 Å². The molecule has 1 aromatic heterocycles. The van der Waals surface area contributed by atoms with Crippen LogP contribution in [0.25, 0.3) is 11.3 Å². The molecule has 1 heterocycles. The summed E-state index contributed by atoms with van der Waals surface area (Å²) in [5.41, 5.74) is 2.29. The van der Waals surface area contributed by atoms with Crippen LogP contribution in [0.15, 0.2) is 66.7 Å². The van der Waals surface area contributed by atoms with Crippen molar-refractivity contribution in [2.45, 2.75) is 7.43 Å². The summed E-state index contributed by atoms with van der Waals surface area (Å²) in [5.74, 6) is -0.325. The minimum Gasteiger partial charge on any atom is -0.465 e. The number of pyridine rings is 1. The Morgan fingerprint density at radius 1 is 1.04 bits per heavy atom. The number of carbonyl (C=O) groups excluding carboxylic acids is 1. The maximum atomic E-state index is 11.5. The fourth-order valence-electron chi connectivity index (χ4n) is 2.41. The van der Waals surface area contributed by atoms with Crippen LogP contribution in [0.1, 0.15) is 17.8 Å². The Bertz CT molecular complexity index is 941. The largest absolute Gasteiger partial charge is 0.465 e. The maximum absolute atomic E-state index is 11.5. The van der Waals surface area contributed by atoms with Gasteiger partial charge in [0.15, 0.2) is 0 Å². The number of hydrogen-bond donors (Lipinski definition) is 1. The van der Waals surface area contributed by atoms with E-state index in [0.29, 0.717) is 16.9 Å². The molecule has 0 fully saturated rings. The van der Waals surface area contributed by atoms with Gasteiger partial charge in [0.2, 0.25) is 5.82 Å². The zero-order valence-electron chi connectivity index (χ0n) is 13.9. The van der Waals surface area contributed by atoms with Gasteiger partial charge in [0.05, 0.1) is 23.3 Å². The van der Waals surface area contributed by atoms with Gasteiger partial charge in [-0.15, -0.1) is 0 Å². The summed E-state index contributed by atoms with van der Waals surface area (Å²) in [7, 11) is 1.30. The summed E-state index contributed by atoms with van der Waals surface area (Å²) >= 11 is 0. The van der Waals surface area contributed by atoms with E-state index in [9.17, 15) is 14.9 Å². The quantitative estimate of drug-likeness (QED) is 0.396. The average molecular weight is 365 g/mol. The molecule has 0 aliphatic heterocycles. The second-order valence-electron chi connectivity index (χ2n) is 5.38. The lowest BCUT2D eigenvalue weighted by Gasteiger charge is -2.09. The first-order chi connectivity index (χ1) is 12.6. The summed E-state index contributed by atoms with van der Waals surface area (Å²) < 4.78 is 4.65. The van der Waals surface area contributed by atoms with E-state index in [2.05, 4.69) is 15.0 Å². The first-order valence-corrected chi connectivity index (χ1v) is 7.75. The number of anilines is 2. The van der Waals surface area contributed by atoms with Gasteiger partial charge in [-0.2, -0.15) is 0 Å². The van der Waals surface area contributed by atoms with Gasteiger partial charge in [-0.1, -0.05) is 37.8 Å². The molecule has 27 heavy (non-hydrogen) atoms. The molecule has 0 amide bonds. The van der Waals surface area contributed by atoms with E-state index in [0.717, 1.165) is 5.56 Å². The smallest absolute Gasteiger partial charge is 0.337 e. The summed E-state index contributed by atoms with van der Waals surface area (Å²) in [4.78, 5) is 26.7. The Hall–Kier alpha value is -3.74. The summed E-state index contributed by atoms with van der Waals surface area (Å²) in [6, 6.07) is 18.8. The average Bonchev–Trinajstić information content (AvgIpc) is 2.68. The van der Waals surface area contributed by atoms with Crippen LogP contribution in [0.4, 0.5) is 17.2 Å². The Kier molecular flexibility index (Phi) is 6.22. The van der Waals surface area contributed by atoms with Crippen LogP contribution in [-0.2, 0) is 4.74 Å². The lowest BCUT2D eigenvalue weighted by molar-refractivity contribution is -0.384. The van der Waals surface area contributed by atoms with E-state index in [1.807, 2.05) is 30.3 Å². The van der Waals surface area contributed by atoms with Crippen LogP contribution in [0.2, 0.25) is 0 Å². The van der Waals surface area contributed by atoms with Crippen molar-refractivity contribution in [1.29, 1.82) is 0 Å². The molecule has 0 radical (unpaired) electrons. The van der Waals surface area contributed by atoms with Crippen molar-refractivity contribution in [2.75, 3.05) is 12.4 Å². The van der Waals surface area contributed by atoms with E-state index in [4.69, 9.17) is 0 Å². The molecule has 1 N–H and O–H groups in total. The number of esters is 1. The minimum absolute atomic E-state index is 0. The first kappa shape index (κ1) is 19.6. The second-order valence-corrected chi connectivity index (χ2v) is 5.38. The number of rotatable bonds is 5. The minimum atomic E-state index is -0.493. The van der Waals surface area contributed by atoms with Gasteiger partial charge in [0, 0.05) is 17.3 Å². The third-order valence-electron chi connectivity index (χ3n) is 3.71. The molecule has 0 saturated carbocycles. The highest BCUT2D eigenvalue weighted by Gasteiger charge is 2.17. The summed E-state index contributed by atoms with van der Waals surface area (Å²) in [6.45, 7) is 0. The molecule has 0 spiro atoms. The molecule has 0 atom stereocenters. The van der Waals surface area contributed by atoms with Crippen LogP contribution in [0.3, 0.4) is 0 Å². The highest BCUT2D eigenvalue weighted by Crippen LogP contribution is 2.29. The van der Waals surface area contributed by atoms with Crippen molar-refractivity contribution in [3.8, 4) is 11.3 Å². The van der Waals surface area contributed by atoms with E-state index >= 15 is 0 Å². The Balaban J connectivity index is 0.00000261. The third-order valence-corrected chi connectivity index (χ3v) is 3.71. The van der Waals surface area contributed by atoms with E-state index in [1.165, 1.54) is 13.2 Å². The molecule has 138 valence electrons. The molecule has 0 aliphatic rings. The van der Waals surface area contributed by atoms with Crippen LogP contribution < -0.4 is 5.32 Å². The molecule has 0 unspecified atom stereocenters. The monoisotopic (exact) mass is 365 g/mol.